The minimum absolute atomic E-state index is 0.108. The summed E-state index contributed by atoms with van der Waals surface area (Å²) in [6.45, 7) is 0.216. The third-order valence-electron chi connectivity index (χ3n) is 2.69. The van der Waals surface area contributed by atoms with Gasteiger partial charge in [-0.1, -0.05) is 69.7 Å². The predicted octanol–water partition coefficient (Wildman–Crippen LogP) is 4.65. The molecule has 0 aliphatic heterocycles. The fourth-order valence-corrected chi connectivity index (χ4v) is 2.10. The molecule has 0 aromatic rings. The Morgan fingerprint density at radius 1 is 0.667 bits per heavy atom. The molecule has 0 aliphatic rings. The van der Waals surface area contributed by atoms with Crippen LogP contribution in [-0.2, 0) is 0 Å². The fraction of sp³-hybridized carbons (Fsp3) is 0.714. The molecule has 0 atom stereocenters. The Morgan fingerprint density at radius 3 is 1.33 bits per heavy atom. The van der Waals surface area contributed by atoms with Gasteiger partial charge in [0.1, 0.15) is 0 Å². The Bertz CT molecular complexity index is 224. The summed E-state index contributed by atoms with van der Waals surface area (Å²) in [7, 11) is 0. The molecule has 0 unspecified atom stereocenters. The van der Waals surface area contributed by atoms with Crippen molar-refractivity contribution in [2.75, 3.05) is 13.2 Å². The molecule has 0 aliphatic carbocycles. The first kappa shape index (κ1) is 18.4. The number of aliphatic hydroxyl groups excluding tert-OH is 2. The van der Waals surface area contributed by atoms with E-state index < -0.39 is 0 Å². The van der Waals surface area contributed by atoms with Crippen LogP contribution < -0.4 is 0 Å². The van der Waals surface area contributed by atoms with Crippen molar-refractivity contribution in [3.8, 4) is 0 Å². The van der Waals surface area contributed by atoms with Gasteiger partial charge in [-0.25, -0.2) is 0 Å². The van der Waals surface area contributed by atoms with Crippen LogP contribution in [0.2, 0.25) is 0 Å². The summed E-state index contributed by atoms with van der Waals surface area (Å²) in [5.74, 6) is 0. The molecular weight excluding hydrogens is 360 g/mol. The molecule has 0 spiro atoms. The molecule has 0 aromatic carbocycles. The van der Waals surface area contributed by atoms with Crippen molar-refractivity contribution >= 4 is 31.9 Å². The summed E-state index contributed by atoms with van der Waals surface area (Å²) in [6, 6.07) is 0. The van der Waals surface area contributed by atoms with Gasteiger partial charge in [-0.2, -0.15) is 0 Å². The molecule has 18 heavy (non-hydrogen) atoms. The lowest BCUT2D eigenvalue weighted by atomic mass is 10.1. The van der Waals surface area contributed by atoms with Gasteiger partial charge in [-0.3, -0.25) is 0 Å². The van der Waals surface area contributed by atoms with Crippen molar-refractivity contribution in [1.29, 1.82) is 0 Å². The van der Waals surface area contributed by atoms with Gasteiger partial charge >= 0.3 is 0 Å². The van der Waals surface area contributed by atoms with Gasteiger partial charge in [-0.05, 0) is 25.7 Å². The van der Waals surface area contributed by atoms with Gasteiger partial charge in [0.25, 0.3) is 0 Å². The second-order valence-electron chi connectivity index (χ2n) is 4.32. The molecule has 2 N–H and O–H groups in total. The first-order valence-corrected chi connectivity index (χ1v) is 8.20. The maximum atomic E-state index is 8.78. The third kappa shape index (κ3) is 12.8. The van der Waals surface area contributed by atoms with E-state index in [-0.39, 0.29) is 13.2 Å². The number of allylic oxidation sites excluding steroid dienone is 2. The number of hydrogen-bond donors (Lipinski definition) is 2. The normalized spacial score (nSPS) is 13.1. The van der Waals surface area contributed by atoms with Crippen LogP contribution in [0.15, 0.2) is 21.1 Å². The van der Waals surface area contributed by atoms with Gasteiger partial charge in [0.2, 0.25) is 0 Å². The van der Waals surface area contributed by atoms with Gasteiger partial charge in [0.15, 0.2) is 0 Å². The van der Waals surface area contributed by atoms with Crippen LogP contribution in [0.4, 0.5) is 0 Å². The van der Waals surface area contributed by atoms with E-state index in [1.165, 1.54) is 38.5 Å². The Hall–Kier alpha value is 0.360. The topological polar surface area (TPSA) is 40.5 Å². The summed E-state index contributed by atoms with van der Waals surface area (Å²) in [6.07, 6.45) is 13.7. The minimum atomic E-state index is 0.108. The van der Waals surface area contributed by atoms with Crippen LogP contribution in [0.3, 0.4) is 0 Å². The highest BCUT2D eigenvalue weighted by atomic mass is 79.9. The van der Waals surface area contributed by atoms with Crippen LogP contribution >= 0.6 is 31.9 Å². The Morgan fingerprint density at radius 2 is 1.00 bits per heavy atom. The summed E-state index contributed by atoms with van der Waals surface area (Å²) >= 11 is 6.58. The second-order valence-corrected chi connectivity index (χ2v) is 6.35. The number of rotatable bonds is 11. The summed E-state index contributed by atoms with van der Waals surface area (Å²) in [5.41, 5.74) is 0. The molecule has 0 aromatic heterocycles. The van der Waals surface area contributed by atoms with E-state index in [0.29, 0.717) is 0 Å². The lowest BCUT2D eigenvalue weighted by Crippen LogP contribution is -1.83. The number of hydrogen-bond acceptors (Lipinski definition) is 2. The summed E-state index contributed by atoms with van der Waals surface area (Å²) in [4.78, 5) is 0. The van der Waals surface area contributed by atoms with Crippen molar-refractivity contribution in [2.24, 2.45) is 0 Å². The maximum Gasteiger partial charge on any atom is 0.0743 e. The van der Waals surface area contributed by atoms with E-state index in [1.54, 1.807) is 0 Å². The summed E-state index contributed by atoms with van der Waals surface area (Å²) in [5, 5.41) is 17.6. The van der Waals surface area contributed by atoms with Crippen LogP contribution in [0.5, 0.6) is 0 Å². The molecule has 0 rings (SSSR count). The maximum absolute atomic E-state index is 8.78. The van der Waals surface area contributed by atoms with Crippen LogP contribution in [-0.4, -0.2) is 23.4 Å². The summed E-state index contributed by atoms with van der Waals surface area (Å²) < 4.78 is 1.78. The van der Waals surface area contributed by atoms with Crippen LogP contribution in [0.1, 0.15) is 51.4 Å². The second kappa shape index (κ2) is 13.8. The van der Waals surface area contributed by atoms with Crippen molar-refractivity contribution in [2.45, 2.75) is 51.4 Å². The number of halogens is 2. The van der Waals surface area contributed by atoms with E-state index in [9.17, 15) is 0 Å². The molecule has 0 saturated carbocycles. The van der Waals surface area contributed by atoms with E-state index in [0.717, 1.165) is 21.8 Å². The van der Waals surface area contributed by atoms with E-state index in [2.05, 4.69) is 44.0 Å². The Kier molecular flexibility index (Phi) is 14.1. The Balaban J connectivity index is 3.22. The smallest absolute Gasteiger partial charge is 0.0743 e. The Labute approximate surface area is 127 Å². The minimum Gasteiger partial charge on any atom is -0.391 e. The van der Waals surface area contributed by atoms with E-state index in [1.807, 2.05) is 0 Å². The van der Waals surface area contributed by atoms with Crippen molar-refractivity contribution in [3.63, 3.8) is 0 Å². The van der Waals surface area contributed by atoms with E-state index >= 15 is 0 Å². The first-order valence-electron chi connectivity index (χ1n) is 6.61. The van der Waals surface area contributed by atoms with Gasteiger partial charge in [0, 0.05) is 8.96 Å². The molecule has 106 valence electrons. The molecule has 0 heterocycles. The van der Waals surface area contributed by atoms with Crippen molar-refractivity contribution in [3.05, 3.63) is 21.1 Å². The van der Waals surface area contributed by atoms with E-state index in [4.69, 9.17) is 10.2 Å². The molecule has 0 bridgehead atoms. The highest BCUT2D eigenvalue weighted by Crippen LogP contribution is 2.12. The molecular formula is C14H24Br2O2. The third-order valence-corrected chi connectivity index (χ3v) is 3.84. The highest BCUT2D eigenvalue weighted by Gasteiger charge is 1.92. The molecule has 0 radical (unpaired) electrons. The van der Waals surface area contributed by atoms with Gasteiger partial charge in [-0.15, -0.1) is 0 Å². The van der Waals surface area contributed by atoms with Crippen molar-refractivity contribution in [1.82, 2.24) is 0 Å². The van der Waals surface area contributed by atoms with Gasteiger partial charge < -0.3 is 10.2 Å². The lowest BCUT2D eigenvalue weighted by molar-refractivity contribution is 0.339. The first-order chi connectivity index (χ1) is 8.70. The molecule has 0 fully saturated rings. The zero-order valence-electron chi connectivity index (χ0n) is 10.9. The fourth-order valence-electron chi connectivity index (χ4n) is 1.64. The lowest BCUT2D eigenvalue weighted by Gasteiger charge is -2.00. The molecule has 2 nitrogen and oxygen atoms in total. The quantitative estimate of drug-likeness (QED) is 0.510. The van der Waals surface area contributed by atoms with Crippen molar-refractivity contribution < 1.29 is 10.2 Å². The predicted molar refractivity (Wildman–Crippen MR) is 85.1 cm³/mol. The van der Waals surface area contributed by atoms with Gasteiger partial charge in [0.05, 0.1) is 13.2 Å². The SMILES string of the molecule is OC/C(Br)=C/CCCCCCCC/C=C(/Br)CO. The highest BCUT2D eigenvalue weighted by molar-refractivity contribution is 9.12. The zero-order chi connectivity index (χ0) is 13.6. The zero-order valence-corrected chi connectivity index (χ0v) is 14.0. The molecule has 0 amide bonds. The average molecular weight is 384 g/mol. The average Bonchev–Trinajstić information content (AvgIpc) is 2.40. The standard InChI is InChI=1S/C14H24Br2O2/c15-13(11-17)9-7-5-3-1-2-4-6-8-10-14(16)12-18/h9-10,17-18H,1-8,11-12H2/b13-9-,14-10+. The molecule has 0 saturated heterocycles. The van der Waals surface area contributed by atoms with Crippen LogP contribution in [0.25, 0.3) is 0 Å². The molecule has 4 heteroatoms. The number of unbranched alkanes of at least 4 members (excludes halogenated alkanes) is 7. The largest absolute Gasteiger partial charge is 0.391 e. The van der Waals surface area contributed by atoms with Crippen LogP contribution in [0, 0.1) is 0 Å². The number of aliphatic hydroxyl groups is 2. The monoisotopic (exact) mass is 382 g/mol.